The predicted octanol–water partition coefficient (Wildman–Crippen LogP) is 1.65. The number of nitrogens with one attached hydrogen (secondary N) is 1. The van der Waals surface area contributed by atoms with Gasteiger partial charge >= 0.3 is 0 Å². The highest BCUT2D eigenvalue weighted by Gasteiger charge is 2.36. The number of hydrogen-bond acceptors (Lipinski definition) is 4. The van der Waals surface area contributed by atoms with Crippen LogP contribution in [0.15, 0.2) is 0 Å². The number of ether oxygens (including phenoxy) is 1. The van der Waals surface area contributed by atoms with Crippen molar-refractivity contribution < 1.29 is 4.74 Å². The smallest absolute Gasteiger partial charge is 0.0576 e. The summed E-state index contributed by atoms with van der Waals surface area (Å²) < 4.78 is 5.70. The highest BCUT2D eigenvalue weighted by Crippen LogP contribution is 2.28. The Hall–Kier alpha value is -0.160. The lowest BCUT2D eigenvalue weighted by atomic mass is 9.88. The van der Waals surface area contributed by atoms with Gasteiger partial charge in [-0.3, -0.25) is 16.2 Å². The first kappa shape index (κ1) is 14.3. The second-order valence-electron chi connectivity index (χ2n) is 6.28. The maximum atomic E-state index is 5.79. The van der Waals surface area contributed by atoms with Gasteiger partial charge in [-0.25, -0.2) is 0 Å². The average Bonchev–Trinajstić information content (AvgIpc) is 3.03. The van der Waals surface area contributed by atoms with Gasteiger partial charge in [0.15, 0.2) is 0 Å². The molecule has 0 aliphatic carbocycles. The molecule has 2 fully saturated rings. The number of hydrazine groups is 1. The molecule has 106 valence electrons. The van der Waals surface area contributed by atoms with E-state index in [2.05, 4.69) is 24.2 Å². The maximum absolute atomic E-state index is 5.79. The molecule has 18 heavy (non-hydrogen) atoms. The van der Waals surface area contributed by atoms with Gasteiger partial charge in [0.2, 0.25) is 0 Å². The van der Waals surface area contributed by atoms with Crippen molar-refractivity contribution >= 4 is 0 Å². The largest absolute Gasteiger partial charge is 0.378 e. The Bertz CT molecular complexity index is 245. The molecule has 2 aliphatic heterocycles. The number of hydrogen-bond donors (Lipinski definition) is 2. The van der Waals surface area contributed by atoms with Crippen LogP contribution in [0.5, 0.6) is 0 Å². The van der Waals surface area contributed by atoms with Crippen molar-refractivity contribution in [3.63, 3.8) is 0 Å². The van der Waals surface area contributed by atoms with E-state index >= 15 is 0 Å². The summed E-state index contributed by atoms with van der Waals surface area (Å²) in [4.78, 5) is 2.58. The number of nitrogens with two attached hydrogens (primary N) is 1. The molecule has 2 rings (SSSR count). The van der Waals surface area contributed by atoms with E-state index < -0.39 is 0 Å². The molecule has 0 spiro atoms. The second-order valence-corrected chi connectivity index (χ2v) is 6.28. The van der Waals surface area contributed by atoms with Crippen LogP contribution in [0.1, 0.15) is 52.4 Å². The monoisotopic (exact) mass is 255 g/mol. The summed E-state index contributed by atoms with van der Waals surface area (Å²) >= 11 is 0. The van der Waals surface area contributed by atoms with Crippen LogP contribution in [0.3, 0.4) is 0 Å². The molecule has 2 unspecified atom stereocenters. The van der Waals surface area contributed by atoms with Crippen LogP contribution in [0.4, 0.5) is 0 Å². The summed E-state index contributed by atoms with van der Waals surface area (Å²) in [6.07, 6.45) is 7.80. The maximum Gasteiger partial charge on any atom is 0.0576 e. The first-order chi connectivity index (χ1) is 8.64. The van der Waals surface area contributed by atoms with Crippen molar-refractivity contribution in [2.24, 2.45) is 5.84 Å². The topological polar surface area (TPSA) is 50.5 Å². The summed E-state index contributed by atoms with van der Waals surface area (Å²) in [7, 11) is 0. The third kappa shape index (κ3) is 3.23. The van der Waals surface area contributed by atoms with Gasteiger partial charge in [-0.2, -0.15) is 0 Å². The van der Waals surface area contributed by atoms with Crippen molar-refractivity contribution in [1.29, 1.82) is 0 Å². The molecule has 2 saturated heterocycles. The molecule has 0 aromatic carbocycles. The van der Waals surface area contributed by atoms with Crippen molar-refractivity contribution in [2.75, 3.05) is 19.7 Å². The Labute approximate surface area is 111 Å². The van der Waals surface area contributed by atoms with E-state index in [1.54, 1.807) is 0 Å². The van der Waals surface area contributed by atoms with Crippen molar-refractivity contribution in [2.45, 2.75) is 70.1 Å². The van der Waals surface area contributed by atoms with Crippen LogP contribution < -0.4 is 11.3 Å². The van der Waals surface area contributed by atoms with Crippen LogP contribution in [-0.2, 0) is 4.74 Å². The minimum Gasteiger partial charge on any atom is -0.378 e. The van der Waals surface area contributed by atoms with Gasteiger partial charge in [-0.05, 0) is 65.5 Å². The lowest BCUT2D eigenvalue weighted by Crippen LogP contribution is -2.58. The lowest BCUT2D eigenvalue weighted by molar-refractivity contribution is 0.0730. The Morgan fingerprint density at radius 2 is 2.06 bits per heavy atom. The van der Waals surface area contributed by atoms with Crippen LogP contribution in [0.2, 0.25) is 0 Å². The van der Waals surface area contributed by atoms with Crippen LogP contribution >= 0.6 is 0 Å². The fourth-order valence-electron chi connectivity index (χ4n) is 3.38. The van der Waals surface area contributed by atoms with Gasteiger partial charge in [-0.1, -0.05) is 0 Å². The SMILES string of the molecule is CC(C)(C(CCC1CCCO1)NN)N1CCCC1. The quantitative estimate of drug-likeness (QED) is 0.560. The number of likely N-dealkylation sites (tertiary alicyclic amines) is 1. The van der Waals surface area contributed by atoms with E-state index in [9.17, 15) is 0 Å². The van der Waals surface area contributed by atoms with E-state index in [-0.39, 0.29) is 5.54 Å². The number of nitrogens with zero attached hydrogens (tertiary/aromatic N) is 1. The van der Waals surface area contributed by atoms with Gasteiger partial charge in [0, 0.05) is 18.2 Å². The lowest BCUT2D eigenvalue weighted by Gasteiger charge is -2.42. The summed E-state index contributed by atoms with van der Waals surface area (Å²) in [5.41, 5.74) is 3.19. The first-order valence-corrected chi connectivity index (χ1v) is 7.47. The van der Waals surface area contributed by atoms with Gasteiger partial charge < -0.3 is 4.74 Å². The first-order valence-electron chi connectivity index (χ1n) is 7.47. The minimum absolute atomic E-state index is 0.143. The van der Waals surface area contributed by atoms with Crippen LogP contribution in [-0.4, -0.2) is 42.3 Å². The third-order valence-corrected chi connectivity index (χ3v) is 4.78. The average molecular weight is 255 g/mol. The summed E-state index contributed by atoms with van der Waals surface area (Å²) in [5.74, 6) is 5.79. The molecule has 4 nitrogen and oxygen atoms in total. The summed E-state index contributed by atoms with van der Waals surface area (Å²) in [6, 6.07) is 0.347. The molecule has 0 saturated carbocycles. The molecule has 0 amide bonds. The van der Waals surface area contributed by atoms with Gasteiger partial charge in [0.1, 0.15) is 0 Å². The molecule has 3 N–H and O–H groups in total. The Balaban J connectivity index is 1.85. The zero-order valence-corrected chi connectivity index (χ0v) is 12.0. The van der Waals surface area contributed by atoms with Gasteiger partial charge in [0.05, 0.1) is 6.10 Å². The normalized spacial score (nSPS) is 27.8. The fraction of sp³-hybridized carbons (Fsp3) is 1.00. The minimum atomic E-state index is 0.143. The van der Waals surface area contributed by atoms with Crippen LogP contribution in [0.25, 0.3) is 0 Å². The molecule has 2 heterocycles. The zero-order valence-electron chi connectivity index (χ0n) is 12.0. The third-order valence-electron chi connectivity index (χ3n) is 4.78. The Morgan fingerprint density at radius 3 is 2.61 bits per heavy atom. The molecule has 0 aromatic heterocycles. The fourth-order valence-corrected chi connectivity index (χ4v) is 3.38. The standard InChI is InChI=1S/C14H29N3O/c1-14(2,17-9-3-4-10-17)13(16-15)8-7-12-6-5-11-18-12/h12-13,16H,3-11,15H2,1-2H3. The highest BCUT2D eigenvalue weighted by molar-refractivity contribution is 4.94. The Morgan fingerprint density at radius 1 is 1.33 bits per heavy atom. The van der Waals surface area contributed by atoms with E-state index in [0.29, 0.717) is 12.1 Å². The highest BCUT2D eigenvalue weighted by atomic mass is 16.5. The van der Waals surface area contributed by atoms with Crippen molar-refractivity contribution in [1.82, 2.24) is 10.3 Å². The summed E-state index contributed by atoms with van der Waals surface area (Å²) in [5, 5.41) is 0. The summed E-state index contributed by atoms with van der Waals surface area (Å²) in [6.45, 7) is 8.01. The molecule has 0 aromatic rings. The zero-order chi connectivity index (χ0) is 13.0. The van der Waals surface area contributed by atoms with E-state index in [0.717, 1.165) is 19.4 Å². The molecule has 2 aliphatic rings. The second kappa shape index (κ2) is 6.33. The van der Waals surface area contributed by atoms with E-state index in [1.165, 1.54) is 38.8 Å². The molecular formula is C14H29N3O. The predicted molar refractivity (Wildman–Crippen MR) is 74.2 cm³/mol. The van der Waals surface area contributed by atoms with Gasteiger partial charge in [-0.15, -0.1) is 0 Å². The molecule has 0 bridgehead atoms. The van der Waals surface area contributed by atoms with E-state index in [4.69, 9.17) is 10.6 Å². The molecule has 4 heteroatoms. The molecule has 2 atom stereocenters. The molecule has 0 radical (unpaired) electrons. The van der Waals surface area contributed by atoms with Crippen molar-refractivity contribution in [3.8, 4) is 0 Å². The van der Waals surface area contributed by atoms with Crippen LogP contribution in [0, 0.1) is 0 Å². The van der Waals surface area contributed by atoms with E-state index in [1.807, 2.05) is 0 Å². The molecular weight excluding hydrogens is 226 g/mol. The van der Waals surface area contributed by atoms with Gasteiger partial charge in [0.25, 0.3) is 0 Å². The number of rotatable bonds is 6. The van der Waals surface area contributed by atoms with Crippen molar-refractivity contribution in [3.05, 3.63) is 0 Å². The Kier molecular flexibility index (Phi) is 5.01.